The third-order valence-corrected chi connectivity index (χ3v) is 4.15. The van der Waals surface area contributed by atoms with Gasteiger partial charge in [0.1, 0.15) is 0 Å². The highest BCUT2D eigenvalue weighted by molar-refractivity contribution is 5.77. The highest BCUT2D eigenvalue weighted by atomic mass is 16.5. The van der Waals surface area contributed by atoms with Crippen LogP contribution in [0.2, 0.25) is 0 Å². The van der Waals surface area contributed by atoms with Crippen LogP contribution in [-0.4, -0.2) is 26.7 Å². The second-order valence-corrected chi connectivity index (χ2v) is 6.07. The molecule has 1 aromatic carbocycles. The lowest BCUT2D eigenvalue weighted by Crippen LogP contribution is -2.24. The topological polar surface area (TPSA) is 70.8 Å². The maximum absolute atomic E-state index is 5.36. The lowest BCUT2D eigenvalue weighted by Gasteiger charge is -2.21. The average molecular weight is 297 g/mol. The second kappa shape index (κ2) is 5.12. The van der Waals surface area contributed by atoms with Gasteiger partial charge in [0, 0.05) is 12.5 Å². The number of para-hydroxylation sites is 2. The molecule has 1 unspecified atom stereocenters. The molecular weight excluding hydrogens is 278 g/mol. The van der Waals surface area contributed by atoms with Gasteiger partial charge < -0.3 is 14.4 Å². The van der Waals surface area contributed by atoms with Crippen LogP contribution < -0.4 is 4.90 Å². The molecular formula is C16H19N5O. The van der Waals surface area contributed by atoms with Crippen LogP contribution in [0.3, 0.4) is 0 Å². The minimum absolute atomic E-state index is 0.136. The summed E-state index contributed by atoms with van der Waals surface area (Å²) in [6, 6.07) is 8.22. The number of nitrogens with one attached hydrogen (secondary N) is 1. The van der Waals surface area contributed by atoms with E-state index >= 15 is 0 Å². The molecule has 3 heterocycles. The molecule has 1 aliphatic heterocycles. The molecule has 1 N–H and O–H groups in total. The summed E-state index contributed by atoms with van der Waals surface area (Å²) in [4.78, 5) is 14.9. The molecule has 1 aliphatic rings. The first kappa shape index (κ1) is 13.3. The molecule has 4 rings (SSSR count). The van der Waals surface area contributed by atoms with Crippen molar-refractivity contribution < 1.29 is 4.52 Å². The summed E-state index contributed by atoms with van der Waals surface area (Å²) in [6.07, 6.45) is 2.13. The zero-order chi connectivity index (χ0) is 15.1. The fraction of sp³-hybridized carbons (Fsp3) is 0.438. The Morgan fingerprint density at radius 1 is 1.27 bits per heavy atom. The van der Waals surface area contributed by atoms with Gasteiger partial charge in [-0.2, -0.15) is 4.98 Å². The van der Waals surface area contributed by atoms with Crippen LogP contribution in [0.5, 0.6) is 0 Å². The molecule has 22 heavy (non-hydrogen) atoms. The van der Waals surface area contributed by atoms with Crippen molar-refractivity contribution >= 4 is 17.0 Å². The number of fused-ring (bicyclic) bond motifs is 1. The highest BCUT2D eigenvalue weighted by Crippen LogP contribution is 2.34. The second-order valence-electron chi connectivity index (χ2n) is 6.07. The van der Waals surface area contributed by atoms with Crippen molar-refractivity contribution in [2.75, 3.05) is 11.4 Å². The third-order valence-electron chi connectivity index (χ3n) is 4.15. The van der Waals surface area contributed by atoms with Crippen LogP contribution in [0.4, 0.5) is 5.95 Å². The predicted molar refractivity (Wildman–Crippen MR) is 83.8 cm³/mol. The fourth-order valence-electron chi connectivity index (χ4n) is 2.98. The molecule has 114 valence electrons. The van der Waals surface area contributed by atoms with Crippen LogP contribution in [-0.2, 0) is 0 Å². The Morgan fingerprint density at radius 2 is 2.14 bits per heavy atom. The van der Waals surface area contributed by atoms with Gasteiger partial charge in [0.05, 0.1) is 17.1 Å². The van der Waals surface area contributed by atoms with E-state index in [2.05, 4.69) is 33.9 Å². The maximum atomic E-state index is 5.36. The molecule has 0 aliphatic carbocycles. The SMILES string of the molecule is CC(C)c1nc(C2CCCN2c2nc3ccccc3[nH]2)no1. The first-order valence-corrected chi connectivity index (χ1v) is 7.77. The number of nitrogens with zero attached hydrogens (tertiary/aromatic N) is 4. The van der Waals surface area contributed by atoms with Gasteiger partial charge in [0.15, 0.2) is 5.82 Å². The molecule has 1 saturated heterocycles. The Hall–Kier alpha value is -2.37. The van der Waals surface area contributed by atoms with Gasteiger partial charge in [-0.1, -0.05) is 31.1 Å². The Labute approximate surface area is 128 Å². The number of aromatic nitrogens is 4. The molecule has 1 atom stereocenters. The Balaban J connectivity index is 1.67. The van der Waals surface area contributed by atoms with E-state index in [0.717, 1.165) is 42.2 Å². The van der Waals surface area contributed by atoms with Crippen LogP contribution in [0.15, 0.2) is 28.8 Å². The van der Waals surface area contributed by atoms with Crippen LogP contribution in [0, 0.1) is 0 Å². The molecule has 0 radical (unpaired) electrons. The van der Waals surface area contributed by atoms with Crippen LogP contribution >= 0.6 is 0 Å². The van der Waals surface area contributed by atoms with Gasteiger partial charge >= 0.3 is 0 Å². The van der Waals surface area contributed by atoms with Gasteiger partial charge in [-0.3, -0.25) is 0 Å². The maximum Gasteiger partial charge on any atom is 0.229 e. The molecule has 0 amide bonds. The normalized spacial score (nSPS) is 18.7. The monoisotopic (exact) mass is 297 g/mol. The summed E-state index contributed by atoms with van der Waals surface area (Å²) in [5.41, 5.74) is 2.04. The van der Waals surface area contributed by atoms with E-state index in [1.807, 2.05) is 24.3 Å². The van der Waals surface area contributed by atoms with Crippen molar-refractivity contribution in [1.29, 1.82) is 0 Å². The zero-order valence-corrected chi connectivity index (χ0v) is 12.8. The van der Waals surface area contributed by atoms with Crippen molar-refractivity contribution in [3.63, 3.8) is 0 Å². The smallest absolute Gasteiger partial charge is 0.229 e. The summed E-state index contributed by atoms with van der Waals surface area (Å²) in [7, 11) is 0. The van der Waals surface area contributed by atoms with E-state index in [4.69, 9.17) is 9.51 Å². The zero-order valence-electron chi connectivity index (χ0n) is 12.8. The number of aromatic amines is 1. The van der Waals surface area contributed by atoms with Crippen molar-refractivity contribution in [3.05, 3.63) is 36.0 Å². The van der Waals surface area contributed by atoms with E-state index in [0.29, 0.717) is 5.89 Å². The van der Waals surface area contributed by atoms with E-state index in [-0.39, 0.29) is 12.0 Å². The molecule has 6 heteroatoms. The van der Waals surface area contributed by atoms with E-state index in [1.165, 1.54) is 0 Å². The standard InChI is InChI=1S/C16H19N5O/c1-10(2)15-19-14(20-22-15)13-8-5-9-21(13)16-17-11-6-3-4-7-12(11)18-16/h3-4,6-7,10,13H,5,8-9H2,1-2H3,(H,17,18). The first-order chi connectivity index (χ1) is 10.7. The number of hydrogen-bond donors (Lipinski definition) is 1. The van der Waals surface area contributed by atoms with Crippen molar-refractivity contribution in [3.8, 4) is 0 Å². The van der Waals surface area contributed by atoms with Crippen LogP contribution in [0.25, 0.3) is 11.0 Å². The van der Waals surface area contributed by atoms with Gasteiger partial charge in [-0.25, -0.2) is 4.98 Å². The molecule has 2 aromatic heterocycles. The largest absolute Gasteiger partial charge is 0.339 e. The van der Waals surface area contributed by atoms with Gasteiger partial charge in [0.25, 0.3) is 0 Å². The number of rotatable bonds is 3. The number of H-pyrrole nitrogens is 1. The number of imidazole rings is 1. The number of benzene rings is 1. The van der Waals surface area contributed by atoms with Crippen molar-refractivity contribution in [1.82, 2.24) is 20.1 Å². The Bertz CT molecular complexity index is 758. The van der Waals surface area contributed by atoms with Gasteiger partial charge in [-0.15, -0.1) is 0 Å². The van der Waals surface area contributed by atoms with E-state index < -0.39 is 0 Å². The Kier molecular flexibility index (Phi) is 3.10. The highest BCUT2D eigenvalue weighted by Gasteiger charge is 2.32. The van der Waals surface area contributed by atoms with Crippen LogP contribution in [0.1, 0.15) is 50.4 Å². The van der Waals surface area contributed by atoms with E-state index in [9.17, 15) is 0 Å². The predicted octanol–water partition coefficient (Wildman–Crippen LogP) is 3.41. The summed E-state index contributed by atoms with van der Waals surface area (Å²) in [5, 5.41) is 4.18. The first-order valence-electron chi connectivity index (χ1n) is 7.77. The molecule has 6 nitrogen and oxygen atoms in total. The van der Waals surface area contributed by atoms with Gasteiger partial charge in [-0.05, 0) is 25.0 Å². The quantitative estimate of drug-likeness (QED) is 0.802. The van der Waals surface area contributed by atoms with E-state index in [1.54, 1.807) is 0 Å². The molecule has 3 aromatic rings. The number of hydrogen-bond acceptors (Lipinski definition) is 5. The number of anilines is 1. The van der Waals surface area contributed by atoms with Crippen molar-refractivity contribution in [2.24, 2.45) is 0 Å². The minimum Gasteiger partial charge on any atom is -0.339 e. The minimum atomic E-state index is 0.136. The lowest BCUT2D eigenvalue weighted by molar-refractivity contribution is 0.358. The summed E-state index contributed by atoms with van der Waals surface area (Å²) < 4.78 is 5.36. The molecule has 1 fully saturated rings. The molecule has 0 bridgehead atoms. The summed E-state index contributed by atoms with van der Waals surface area (Å²) in [6.45, 7) is 5.07. The molecule has 0 spiro atoms. The lowest BCUT2D eigenvalue weighted by atomic mass is 10.2. The average Bonchev–Trinajstić information content (AvgIpc) is 3.24. The Morgan fingerprint density at radius 3 is 2.91 bits per heavy atom. The summed E-state index contributed by atoms with van der Waals surface area (Å²) in [5.74, 6) is 2.61. The third kappa shape index (κ3) is 2.15. The van der Waals surface area contributed by atoms with Gasteiger partial charge in [0.2, 0.25) is 11.8 Å². The molecule has 0 saturated carbocycles. The fourth-order valence-corrected chi connectivity index (χ4v) is 2.98. The van der Waals surface area contributed by atoms with Crippen molar-refractivity contribution in [2.45, 2.75) is 38.6 Å². The summed E-state index contributed by atoms with van der Waals surface area (Å²) >= 11 is 0.